The van der Waals surface area contributed by atoms with Crippen LogP contribution in [0.3, 0.4) is 0 Å². The number of hydrogen-bond donors (Lipinski definition) is 0. The summed E-state index contributed by atoms with van der Waals surface area (Å²) in [5.41, 5.74) is 1.06. The molecular formula is C18H16O5S. The van der Waals surface area contributed by atoms with Crippen molar-refractivity contribution in [1.82, 2.24) is 0 Å². The third kappa shape index (κ3) is 3.19. The first-order valence-electron chi connectivity index (χ1n) is 7.33. The molecule has 2 aromatic heterocycles. The summed E-state index contributed by atoms with van der Waals surface area (Å²) in [7, 11) is 1.54. The van der Waals surface area contributed by atoms with Gasteiger partial charge in [-0.15, -0.1) is 11.3 Å². The van der Waals surface area contributed by atoms with Crippen molar-refractivity contribution in [2.24, 2.45) is 0 Å². The molecule has 0 saturated carbocycles. The number of thiophene rings is 1. The Morgan fingerprint density at radius 1 is 1.21 bits per heavy atom. The quantitative estimate of drug-likeness (QED) is 0.531. The molecule has 0 radical (unpaired) electrons. The van der Waals surface area contributed by atoms with Gasteiger partial charge >= 0.3 is 11.6 Å². The number of aryl methyl sites for hydroxylation is 2. The molecule has 3 rings (SSSR count). The number of esters is 1. The van der Waals surface area contributed by atoms with Crippen molar-refractivity contribution in [1.29, 1.82) is 0 Å². The van der Waals surface area contributed by atoms with Crippen LogP contribution in [0.2, 0.25) is 0 Å². The molecule has 6 heteroatoms. The second-order valence-electron chi connectivity index (χ2n) is 5.36. The van der Waals surface area contributed by atoms with Gasteiger partial charge in [0.15, 0.2) is 0 Å². The minimum Gasteiger partial charge on any atom is -0.497 e. The van der Waals surface area contributed by atoms with Crippen LogP contribution in [-0.4, -0.2) is 13.1 Å². The van der Waals surface area contributed by atoms with Gasteiger partial charge in [-0.05, 0) is 32.0 Å². The van der Waals surface area contributed by atoms with Crippen molar-refractivity contribution < 1.29 is 18.7 Å². The Morgan fingerprint density at radius 3 is 2.67 bits per heavy atom. The van der Waals surface area contributed by atoms with Gasteiger partial charge in [-0.2, -0.15) is 0 Å². The van der Waals surface area contributed by atoms with E-state index in [2.05, 4.69) is 0 Å². The Hall–Kier alpha value is -2.60. The van der Waals surface area contributed by atoms with E-state index in [0.29, 0.717) is 27.8 Å². The number of ether oxygens (including phenoxy) is 2. The van der Waals surface area contributed by atoms with Crippen LogP contribution in [0, 0.1) is 13.8 Å². The second kappa shape index (κ2) is 6.49. The standard InChI is InChI=1S/C18H16O5S/c1-10-6-15(11(2)24-10)18(20)22-9-12-7-17(19)23-16-8-13(21-3)4-5-14(12)16/h4-8H,9H2,1-3H3. The van der Waals surface area contributed by atoms with Crippen LogP contribution in [0.15, 0.2) is 39.5 Å². The van der Waals surface area contributed by atoms with Crippen molar-refractivity contribution in [3.8, 4) is 5.75 Å². The van der Waals surface area contributed by atoms with Crippen LogP contribution in [0.5, 0.6) is 5.75 Å². The van der Waals surface area contributed by atoms with E-state index in [-0.39, 0.29) is 6.61 Å². The fourth-order valence-electron chi connectivity index (χ4n) is 2.51. The molecule has 0 amide bonds. The molecule has 3 aromatic rings. The first-order chi connectivity index (χ1) is 11.5. The van der Waals surface area contributed by atoms with Crippen molar-refractivity contribution in [2.75, 3.05) is 7.11 Å². The van der Waals surface area contributed by atoms with Gasteiger partial charge in [0.1, 0.15) is 17.9 Å². The maximum absolute atomic E-state index is 12.2. The molecule has 24 heavy (non-hydrogen) atoms. The highest BCUT2D eigenvalue weighted by Crippen LogP contribution is 2.24. The lowest BCUT2D eigenvalue weighted by Gasteiger charge is -2.08. The second-order valence-corrected chi connectivity index (χ2v) is 6.82. The molecule has 0 aliphatic rings. The Kier molecular flexibility index (Phi) is 4.40. The van der Waals surface area contributed by atoms with Gasteiger partial charge in [0, 0.05) is 32.8 Å². The molecular weight excluding hydrogens is 328 g/mol. The minimum absolute atomic E-state index is 0.00158. The molecule has 0 atom stereocenters. The normalized spacial score (nSPS) is 10.8. The lowest BCUT2D eigenvalue weighted by Crippen LogP contribution is -2.08. The fraction of sp³-hybridized carbons (Fsp3) is 0.222. The summed E-state index contributed by atoms with van der Waals surface area (Å²) < 4.78 is 15.7. The van der Waals surface area contributed by atoms with Crippen molar-refractivity contribution in [2.45, 2.75) is 20.5 Å². The van der Waals surface area contributed by atoms with Gasteiger partial charge in [0.25, 0.3) is 0 Å². The van der Waals surface area contributed by atoms with Crippen LogP contribution in [0.1, 0.15) is 25.7 Å². The van der Waals surface area contributed by atoms with Gasteiger partial charge in [-0.25, -0.2) is 9.59 Å². The molecule has 0 aliphatic carbocycles. The minimum atomic E-state index is -0.496. The monoisotopic (exact) mass is 344 g/mol. The molecule has 124 valence electrons. The maximum Gasteiger partial charge on any atom is 0.339 e. The van der Waals surface area contributed by atoms with E-state index in [4.69, 9.17) is 13.9 Å². The van der Waals surface area contributed by atoms with Crippen molar-refractivity contribution in [3.63, 3.8) is 0 Å². The van der Waals surface area contributed by atoms with Crippen LogP contribution >= 0.6 is 11.3 Å². The molecule has 1 aromatic carbocycles. The summed E-state index contributed by atoms with van der Waals surface area (Å²) in [4.78, 5) is 25.9. The van der Waals surface area contributed by atoms with Crippen LogP contribution in [0.25, 0.3) is 11.0 Å². The van der Waals surface area contributed by atoms with E-state index in [1.807, 2.05) is 19.9 Å². The third-order valence-electron chi connectivity index (χ3n) is 3.66. The van der Waals surface area contributed by atoms with Gasteiger partial charge in [-0.1, -0.05) is 0 Å². The van der Waals surface area contributed by atoms with Crippen molar-refractivity contribution in [3.05, 3.63) is 61.6 Å². The summed E-state index contributed by atoms with van der Waals surface area (Å²) in [6.45, 7) is 3.83. The molecule has 2 heterocycles. The highest BCUT2D eigenvalue weighted by molar-refractivity contribution is 7.12. The number of methoxy groups -OCH3 is 1. The van der Waals surface area contributed by atoms with E-state index in [0.717, 1.165) is 9.75 Å². The van der Waals surface area contributed by atoms with Crippen molar-refractivity contribution >= 4 is 28.3 Å². The highest BCUT2D eigenvalue weighted by atomic mass is 32.1. The molecule has 0 unspecified atom stereocenters. The zero-order valence-corrected chi connectivity index (χ0v) is 14.4. The first-order valence-corrected chi connectivity index (χ1v) is 8.14. The summed E-state index contributed by atoms with van der Waals surface area (Å²) in [5.74, 6) is 0.191. The zero-order chi connectivity index (χ0) is 17.3. The number of fused-ring (bicyclic) bond motifs is 1. The number of benzene rings is 1. The molecule has 0 N–H and O–H groups in total. The summed E-state index contributed by atoms with van der Waals surface area (Å²) in [5, 5.41) is 0.710. The Balaban J connectivity index is 1.88. The zero-order valence-electron chi connectivity index (χ0n) is 13.5. The van der Waals surface area contributed by atoms with E-state index >= 15 is 0 Å². The average molecular weight is 344 g/mol. The van der Waals surface area contributed by atoms with E-state index in [1.165, 1.54) is 13.2 Å². The first kappa shape index (κ1) is 16.3. The SMILES string of the molecule is COc1ccc2c(COC(=O)c3cc(C)sc3C)cc(=O)oc2c1. The van der Waals surface area contributed by atoms with Crippen LogP contribution in [0.4, 0.5) is 0 Å². The topological polar surface area (TPSA) is 65.7 Å². The van der Waals surface area contributed by atoms with E-state index in [9.17, 15) is 9.59 Å². The molecule has 0 saturated heterocycles. The smallest absolute Gasteiger partial charge is 0.339 e. The van der Waals surface area contributed by atoms with Crippen LogP contribution in [-0.2, 0) is 11.3 Å². The third-order valence-corrected chi connectivity index (χ3v) is 4.62. The molecule has 0 fully saturated rings. The predicted octanol–water partition coefficient (Wildman–Crippen LogP) is 3.84. The average Bonchev–Trinajstić information content (AvgIpc) is 2.90. The Morgan fingerprint density at radius 2 is 2.00 bits per heavy atom. The number of carbonyl (C=O) groups is 1. The summed E-state index contributed by atoms with van der Waals surface area (Å²) in [6, 6.07) is 8.33. The predicted molar refractivity (Wildman–Crippen MR) is 91.9 cm³/mol. The highest BCUT2D eigenvalue weighted by Gasteiger charge is 2.15. The van der Waals surface area contributed by atoms with E-state index < -0.39 is 11.6 Å². The van der Waals surface area contributed by atoms with Crippen LogP contribution < -0.4 is 10.4 Å². The molecule has 0 bridgehead atoms. The lowest BCUT2D eigenvalue weighted by molar-refractivity contribution is 0.0473. The molecule has 0 aliphatic heterocycles. The fourth-order valence-corrected chi connectivity index (χ4v) is 3.42. The molecule has 5 nitrogen and oxygen atoms in total. The number of rotatable bonds is 4. The van der Waals surface area contributed by atoms with Gasteiger partial charge < -0.3 is 13.9 Å². The molecule has 0 spiro atoms. The maximum atomic E-state index is 12.2. The Labute approximate surface area is 142 Å². The van der Waals surface area contributed by atoms with Gasteiger partial charge in [0.2, 0.25) is 0 Å². The van der Waals surface area contributed by atoms with Gasteiger partial charge in [-0.3, -0.25) is 0 Å². The summed E-state index contributed by atoms with van der Waals surface area (Å²) >= 11 is 1.55. The lowest BCUT2D eigenvalue weighted by atomic mass is 10.1. The van der Waals surface area contributed by atoms with Gasteiger partial charge in [0.05, 0.1) is 12.7 Å². The summed E-state index contributed by atoms with van der Waals surface area (Å²) in [6.07, 6.45) is 0. The number of hydrogen-bond acceptors (Lipinski definition) is 6. The number of carbonyl (C=O) groups excluding carboxylic acids is 1. The van der Waals surface area contributed by atoms with E-state index in [1.54, 1.807) is 29.5 Å². The largest absolute Gasteiger partial charge is 0.497 e. The Bertz CT molecular complexity index is 967.